The average Bonchev–Trinajstić information content (AvgIpc) is 3.56. The number of hydrogen-bond acceptors (Lipinski definition) is 11. The first-order valence-electron chi connectivity index (χ1n) is 18.4. The lowest BCUT2D eigenvalue weighted by Gasteiger charge is -2.46. The first kappa shape index (κ1) is 41.2. The van der Waals surface area contributed by atoms with E-state index in [4.69, 9.17) is 9.47 Å². The number of carbonyl (C=O) groups excluding carboxylic acids is 2. The van der Waals surface area contributed by atoms with E-state index in [1.165, 1.54) is 23.2 Å². The van der Waals surface area contributed by atoms with Crippen molar-refractivity contribution >= 4 is 29.6 Å². The van der Waals surface area contributed by atoms with Crippen molar-refractivity contribution in [3.8, 4) is 5.88 Å². The number of carboxylic acid groups (broad SMARTS) is 1. The number of alkyl halides is 3. The predicted molar refractivity (Wildman–Crippen MR) is 195 cm³/mol. The van der Waals surface area contributed by atoms with Gasteiger partial charge >= 0.3 is 18.4 Å². The van der Waals surface area contributed by atoms with Crippen LogP contribution in [0.1, 0.15) is 83.4 Å². The second kappa shape index (κ2) is 16.8. The van der Waals surface area contributed by atoms with Gasteiger partial charge in [0.15, 0.2) is 5.65 Å². The Morgan fingerprint density at radius 3 is 2.18 bits per heavy atom. The molecule has 0 aromatic carbocycles. The summed E-state index contributed by atoms with van der Waals surface area (Å²) in [6.45, 7) is 16.3. The molecule has 3 amide bonds. The van der Waals surface area contributed by atoms with Crippen LogP contribution in [0.5, 0.6) is 5.88 Å². The molecule has 1 aliphatic carbocycles. The maximum Gasteiger partial charge on any atom is 0.453 e. The molecule has 2 saturated heterocycles. The molecule has 0 bridgehead atoms. The van der Waals surface area contributed by atoms with Crippen LogP contribution in [0.15, 0.2) is 30.5 Å². The van der Waals surface area contributed by atoms with Crippen molar-refractivity contribution in [3.05, 3.63) is 41.9 Å². The number of nitrogens with one attached hydrogen (secondary N) is 2. The number of rotatable bonds is 5. The van der Waals surface area contributed by atoms with Crippen LogP contribution < -0.4 is 20.3 Å². The van der Waals surface area contributed by atoms with E-state index in [2.05, 4.69) is 30.9 Å². The van der Waals surface area contributed by atoms with Crippen molar-refractivity contribution in [3.63, 3.8) is 0 Å². The molecular formula is C36H51F3N10O6. The van der Waals surface area contributed by atoms with Crippen molar-refractivity contribution < 1.29 is 42.1 Å². The minimum absolute atomic E-state index is 0.0292. The molecule has 302 valence electrons. The Hall–Kier alpha value is -4.94. The summed E-state index contributed by atoms with van der Waals surface area (Å²) in [5, 5.41) is 26.4. The number of pyridine rings is 1. The summed E-state index contributed by atoms with van der Waals surface area (Å²) in [5.41, 5.74) is -0.250. The number of piperazine rings is 2. The van der Waals surface area contributed by atoms with Gasteiger partial charge in [-0.05, 0) is 70.1 Å². The highest BCUT2D eigenvalue weighted by Gasteiger charge is 2.39. The molecule has 19 heteroatoms. The molecule has 3 aromatic rings. The molecule has 1 atom stereocenters. The Morgan fingerprint density at radius 2 is 1.60 bits per heavy atom. The Kier molecular flexibility index (Phi) is 12.6. The standard InChI is InChI=1S/C27H33F3N8O4.C9H18N2O2/c1-26(2,3)19-15-36(12-13-37(19)25(40)41)20-9-4-16(14-31-20)23(39)32-17-5-7-18(8-6-17)42-22-11-10-21-33-34-24(27(28,29)30)38(21)35-22;1-9(2,3)13-8(12)11-6-4-10-5-7-11/h4,9-11,14,17-19H,5-8,12-13,15H2,1-3H3,(H,32,39)(H,40,41);10H,4-7H2,1-3H3. The summed E-state index contributed by atoms with van der Waals surface area (Å²) in [7, 11) is 0. The fraction of sp³-hybridized carbons (Fsp3) is 0.639. The van der Waals surface area contributed by atoms with Gasteiger partial charge in [-0.15, -0.1) is 15.3 Å². The van der Waals surface area contributed by atoms with Crippen LogP contribution in [-0.2, 0) is 10.9 Å². The quantitative estimate of drug-likeness (QED) is 0.326. The van der Waals surface area contributed by atoms with Gasteiger partial charge in [0.05, 0.1) is 11.6 Å². The first-order valence-corrected chi connectivity index (χ1v) is 18.4. The average molecular weight is 777 g/mol. The molecule has 16 nitrogen and oxygen atoms in total. The number of anilines is 1. The number of aromatic nitrogens is 5. The second-order valence-electron chi connectivity index (χ2n) is 16.0. The normalized spacial score (nSPS) is 21.0. The van der Waals surface area contributed by atoms with Crippen molar-refractivity contribution in [1.29, 1.82) is 0 Å². The van der Waals surface area contributed by atoms with E-state index >= 15 is 0 Å². The number of hydrogen-bond donors (Lipinski definition) is 3. The van der Waals surface area contributed by atoms with Gasteiger partial charge in [0.1, 0.15) is 17.5 Å². The van der Waals surface area contributed by atoms with Crippen molar-refractivity contribution in [1.82, 2.24) is 45.2 Å². The van der Waals surface area contributed by atoms with Crippen LogP contribution in [0.4, 0.5) is 28.6 Å². The molecule has 1 saturated carbocycles. The van der Waals surface area contributed by atoms with Crippen molar-refractivity contribution in [2.24, 2.45) is 5.41 Å². The van der Waals surface area contributed by atoms with E-state index in [-0.39, 0.29) is 52.7 Å². The summed E-state index contributed by atoms with van der Waals surface area (Å²) in [4.78, 5) is 45.9. The summed E-state index contributed by atoms with van der Waals surface area (Å²) in [5.74, 6) is -0.735. The van der Waals surface area contributed by atoms with Gasteiger partial charge in [-0.2, -0.15) is 17.7 Å². The second-order valence-corrected chi connectivity index (χ2v) is 16.0. The highest BCUT2D eigenvalue weighted by Crippen LogP contribution is 2.31. The summed E-state index contributed by atoms with van der Waals surface area (Å²) in [6, 6.07) is 6.04. The van der Waals surface area contributed by atoms with E-state index in [0.717, 1.165) is 26.2 Å². The fourth-order valence-corrected chi connectivity index (χ4v) is 6.62. The Bertz CT molecular complexity index is 1780. The molecule has 2 aliphatic heterocycles. The predicted octanol–water partition coefficient (Wildman–Crippen LogP) is 4.70. The molecule has 5 heterocycles. The van der Waals surface area contributed by atoms with E-state index < -0.39 is 18.1 Å². The summed E-state index contributed by atoms with van der Waals surface area (Å²) in [6.07, 6.45) is -2.11. The van der Waals surface area contributed by atoms with E-state index in [9.17, 15) is 32.7 Å². The Labute approximate surface area is 317 Å². The van der Waals surface area contributed by atoms with Crippen molar-refractivity contribution in [2.45, 2.75) is 97.2 Å². The van der Waals surface area contributed by atoms with Crippen LogP contribution in [0.2, 0.25) is 0 Å². The van der Waals surface area contributed by atoms with Crippen LogP contribution in [-0.4, -0.2) is 127 Å². The van der Waals surface area contributed by atoms with Gasteiger partial charge in [-0.1, -0.05) is 20.8 Å². The van der Waals surface area contributed by atoms with E-state index in [0.29, 0.717) is 61.2 Å². The molecule has 3 N–H and O–H groups in total. The molecule has 3 aliphatic rings. The molecule has 0 spiro atoms. The maximum absolute atomic E-state index is 13.1. The van der Waals surface area contributed by atoms with Gasteiger partial charge in [0, 0.05) is 64.1 Å². The van der Waals surface area contributed by atoms with Gasteiger partial charge in [0.25, 0.3) is 11.7 Å². The lowest BCUT2D eigenvalue weighted by atomic mass is 9.84. The Balaban J connectivity index is 0.000000378. The third-order valence-electron chi connectivity index (χ3n) is 9.52. The third-order valence-corrected chi connectivity index (χ3v) is 9.52. The first-order chi connectivity index (χ1) is 25.8. The lowest BCUT2D eigenvalue weighted by Crippen LogP contribution is -2.59. The van der Waals surface area contributed by atoms with Crippen LogP contribution in [0.3, 0.4) is 0 Å². The van der Waals surface area contributed by atoms with Gasteiger partial charge < -0.3 is 39.9 Å². The van der Waals surface area contributed by atoms with Crippen LogP contribution in [0, 0.1) is 5.41 Å². The third kappa shape index (κ3) is 11.1. The number of carbonyl (C=O) groups is 3. The van der Waals surface area contributed by atoms with E-state index in [1.54, 1.807) is 17.0 Å². The van der Waals surface area contributed by atoms with Gasteiger partial charge in [-0.3, -0.25) is 4.79 Å². The summed E-state index contributed by atoms with van der Waals surface area (Å²) < 4.78 is 51.1. The zero-order chi connectivity index (χ0) is 40.1. The fourth-order valence-electron chi connectivity index (χ4n) is 6.62. The minimum Gasteiger partial charge on any atom is -0.473 e. The summed E-state index contributed by atoms with van der Waals surface area (Å²) >= 11 is 0. The largest absolute Gasteiger partial charge is 0.473 e. The van der Waals surface area contributed by atoms with Crippen LogP contribution in [0.25, 0.3) is 5.65 Å². The molecular weight excluding hydrogens is 725 g/mol. The smallest absolute Gasteiger partial charge is 0.453 e. The SMILES string of the molecule is CC(C)(C)C1CN(c2ccc(C(=O)NC3CCC(Oc4ccc5nnc(C(F)(F)F)n5n4)CC3)cn2)CCN1C(=O)O.CC(C)(C)OC(=O)N1CCNCC1. The van der Waals surface area contributed by atoms with E-state index in [1.807, 2.05) is 46.4 Å². The zero-order valence-corrected chi connectivity index (χ0v) is 32.1. The number of ether oxygens (including phenoxy) is 2. The molecule has 3 aromatic heterocycles. The molecule has 1 unspecified atom stereocenters. The number of amides is 3. The Morgan fingerprint density at radius 1 is 0.909 bits per heavy atom. The van der Waals surface area contributed by atoms with Crippen LogP contribution >= 0.6 is 0 Å². The number of halogens is 3. The number of nitrogens with zero attached hydrogens (tertiary/aromatic N) is 8. The van der Waals surface area contributed by atoms with Gasteiger partial charge in [0.2, 0.25) is 5.88 Å². The highest BCUT2D eigenvalue weighted by atomic mass is 19.4. The monoisotopic (exact) mass is 776 g/mol. The zero-order valence-electron chi connectivity index (χ0n) is 32.1. The molecule has 0 radical (unpaired) electrons. The highest BCUT2D eigenvalue weighted by molar-refractivity contribution is 5.94. The van der Waals surface area contributed by atoms with Gasteiger partial charge in [-0.25, -0.2) is 14.6 Å². The molecule has 55 heavy (non-hydrogen) atoms. The lowest BCUT2D eigenvalue weighted by molar-refractivity contribution is -0.146. The minimum atomic E-state index is -4.69. The topological polar surface area (TPSA) is 180 Å². The maximum atomic E-state index is 13.1. The van der Waals surface area contributed by atoms with Crippen molar-refractivity contribution in [2.75, 3.05) is 50.7 Å². The number of fused-ring (bicyclic) bond motifs is 1. The molecule has 6 rings (SSSR count). The molecule has 3 fully saturated rings.